The largest absolute Gasteiger partial charge is 0.351 e. The van der Waals surface area contributed by atoms with E-state index in [4.69, 9.17) is 0 Å². The number of aryl methyl sites for hydroxylation is 2. The van der Waals surface area contributed by atoms with E-state index in [0.29, 0.717) is 0 Å². The highest BCUT2D eigenvalue weighted by Crippen LogP contribution is 2.24. The lowest BCUT2D eigenvalue weighted by atomic mass is 9.82. The van der Waals surface area contributed by atoms with Crippen LogP contribution in [-0.4, -0.2) is 25.5 Å². The molecule has 1 aliphatic rings. The number of nitrogens with one attached hydrogen (secondary N) is 2. The molecule has 1 atom stereocenters. The van der Waals surface area contributed by atoms with Gasteiger partial charge in [-0.25, -0.2) is 0 Å². The van der Waals surface area contributed by atoms with Crippen LogP contribution in [0.5, 0.6) is 0 Å². The van der Waals surface area contributed by atoms with Crippen molar-refractivity contribution >= 4 is 18.3 Å². The van der Waals surface area contributed by atoms with E-state index in [1.807, 2.05) is 32.0 Å². The first kappa shape index (κ1) is 17.0. The van der Waals surface area contributed by atoms with Crippen LogP contribution in [0.25, 0.3) is 0 Å². The first-order valence-corrected chi connectivity index (χ1v) is 7.06. The molecule has 2 N–H and O–H groups in total. The van der Waals surface area contributed by atoms with Crippen LogP contribution in [0, 0.1) is 19.3 Å². The Balaban J connectivity index is 0.00000200. The molecule has 1 aromatic rings. The zero-order chi connectivity index (χ0) is 13.9. The Morgan fingerprint density at radius 3 is 2.80 bits per heavy atom. The van der Waals surface area contributed by atoms with Gasteiger partial charge in [-0.1, -0.05) is 24.6 Å². The molecular weight excluding hydrogens is 272 g/mol. The third kappa shape index (κ3) is 4.22. The summed E-state index contributed by atoms with van der Waals surface area (Å²) >= 11 is 0. The summed E-state index contributed by atoms with van der Waals surface area (Å²) < 4.78 is 0. The summed E-state index contributed by atoms with van der Waals surface area (Å²) in [6.45, 7) is 9.07. The molecule has 20 heavy (non-hydrogen) atoms. The van der Waals surface area contributed by atoms with Crippen molar-refractivity contribution in [3.05, 3.63) is 34.9 Å². The van der Waals surface area contributed by atoms with Gasteiger partial charge in [0.1, 0.15) is 0 Å². The molecule has 1 aromatic carbocycles. The number of carbonyl (C=O) groups is 1. The van der Waals surface area contributed by atoms with Crippen LogP contribution < -0.4 is 10.6 Å². The maximum absolute atomic E-state index is 12.3. The number of amides is 1. The lowest BCUT2D eigenvalue weighted by Crippen LogP contribution is -2.45. The van der Waals surface area contributed by atoms with E-state index >= 15 is 0 Å². The Labute approximate surface area is 127 Å². The molecule has 4 heteroatoms. The highest BCUT2D eigenvalue weighted by Gasteiger charge is 2.27. The van der Waals surface area contributed by atoms with Gasteiger partial charge in [0, 0.05) is 18.7 Å². The molecule has 1 heterocycles. The fourth-order valence-electron chi connectivity index (χ4n) is 2.64. The van der Waals surface area contributed by atoms with E-state index in [1.165, 1.54) is 12.8 Å². The molecule has 2 rings (SSSR count). The van der Waals surface area contributed by atoms with Crippen LogP contribution in [0.1, 0.15) is 41.3 Å². The predicted molar refractivity (Wildman–Crippen MR) is 85.7 cm³/mol. The standard InChI is InChI=1S/C16H24N2O.ClH/c1-12-5-6-13(2)14(9-12)15(19)18-11-16(3)7-4-8-17-10-16;/h5-6,9,17H,4,7-8,10-11H2,1-3H3,(H,18,19);1H. The number of benzene rings is 1. The smallest absolute Gasteiger partial charge is 0.251 e. The number of carbonyl (C=O) groups excluding carboxylic acids is 1. The average molecular weight is 297 g/mol. The van der Waals surface area contributed by atoms with Crippen molar-refractivity contribution in [3.63, 3.8) is 0 Å². The molecule has 1 amide bonds. The molecule has 0 saturated carbocycles. The number of hydrogen-bond donors (Lipinski definition) is 2. The molecule has 0 aliphatic carbocycles. The first-order chi connectivity index (χ1) is 9.00. The second-order valence-electron chi connectivity index (χ2n) is 6.09. The molecule has 0 spiro atoms. The topological polar surface area (TPSA) is 41.1 Å². The van der Waals surface area contributed by atoms with Crippen molar-refractivity contribution in [2.24, 2.45) is 5.41 Å². The van der Waals surface area contributed by atoms with E-state index in [1.54, 1.807) is 0 Å². The second-order valence-corrected chi connectivity index (χ2v) is 6.09. The fraction of sp³-hybridized carbons (Fsp3) is 0.562. The highest BCUT2D eigenvalue weighted by molar-refractivity contribution is 5.95. The lowest BCUT2D eigenvalue weighted by Gasteiger charge is -2.34. The molecule has 1 fully saturated rings. The zero-order valence-electron chi connectivity index (χ0n) is 12.6. The van der Waals surface area contributed by atoms with Gasteiger partial charge in [0.05, 0.1) is 0 Å². The summed E-state index contributed by atoms with van der Waals surface area (Å²) in [6.07, 6.45) is 2.36. The van der Waals surface area contributed by atoms with Crippen LogP contribution in [0.3, 0.4) is 0 Å². The summed E-state index contributed by atoms with van der Waals surface area (Å²) in [7, 11) is 0. The summed E-state index contributed by atoms with van der Waals surface area (Å²) in [6, 6.07) is 6.01. The lowest BCUT2D eigenvalue weighted by molar-refractivity contribution is 0.0924. The van der Waals surface area contributed by atoms with E-state index in [0.717, 1.165) is 36.3 Å². The number of hydrogen-bond acceptors (Lipinski definition) is 2. The van der Waals surface area contributed by atoms with Crippen molar-refractivity contribution in [1.82, 2.24) is 10.6 Å². The maximum atomic E-state index is 12.3. The van der Waals surface area contributed by atoms with E-state index in [9.17, 15) is 4.79 Å². The van der Waals surface area contributed by atoms with E-state index < -0.39 is 0 Å². The number of halogens is 1. The van der Waals surface area contributed by atoms with Crippen LogP contribution >= 0.6 is 12.4 Å². The van der Waals surface area contributed by atoms with Crippen LogP contribution in [-0.2, 0) is 0 Å². The molecule has 1 unspecified atom stereocenters. The van der Waals surface area contributed by atoms with Gasteiger partial charge >= 0.3 is 0 Å². The minimum atomic E-state index is 0. The Morgan fingerprint density at radius 1 is 1.40 bits per heavy atom. The molecule has 0 bridgehead atoms. The normalized spacial score (nSPS) is 21.9. The Kier molecular flexibility index (Phi) is 6.03. The van der Waals surface area contributed by atoms with Gasteiger partial charge in [0.15, 0.2) is 0 Å². The van der Waals surface area contributed by atoms with Crippen molar-refractivity contribution in [2.45, 2.75) is 33.6 Å². The van der Waals surface area contributed by atoms with Gasteiger partial charge in [-0.2, -0.15) is 0 Å². The molecule has 1 saturated heterocycles. The zero-order valence-corrected chi connectivity index (χ0v) is 13.4. The number of piperidine rings is 1. The summed E-state index contributed by atoms with van der Waals surface area (Å²) in [4.78, 5) is 12.3. The third-order valence-corrected chi connectivity index (χ3v) is 4.00. The summed E-state index contributed by atoms with van der Waals surface area (Å²) in [5, 5.41) is 6.51. The van der Waals surface area contributed by atoms with Crippen molar-refractivity contribution in [2.75, 3.05) is 19.6 Å². The highest BCUT2D eigenvalue weighted by atomic mass is 35.5. The molecular formula is C16H25ClN2O. The Bertz CT molecular complexity index is 468. The van der Waals surface area contributed by atoms with Crippen molar-refractivity contribution < 1.29 is 4.79 Å². The summed E-state index contributed by atoms with van der Waals surface area (Å²) in [5.41, 5.74) is 3.15. The minimum absolute atomic E-state index is 0. The summed E-state index contributed by atoms with van der Waals surface area (Å²) in [5.74, 6) is 0.0491. The van der Waals surface area contributed by atoms with Crippen molar-refractivity contribution in [1.29, 1.82) is 0 Å². The van der Waals surface area contributed by atoms with Gasteiger partial charge in [0.2, 0.25) is 0 Å². The van der Waals surface area contributed by atoms with E-state index in [2.05, 4.69) is 17.6 Å². The predicted octanol–water partition coefficient (Wildman–Crippen LogP) is 2.84. The monoisotopic (exact) mass is 296 g/mol. The maximum Gasteiger partial charge on any atom is 0.251 e. The van der Waals surface area contributed by atoms with Crippen LogP contribution in [0.15, 0.2) is 18.2 Å². The molecule has 3 nitrogen and oxygen atoms in total. The minimum Gasteiger partial charge on any atom is -0.351 e. The second kappa shape index (κ2) is 7.09. The number of rotatable bonds is 3. The Morgan fingerprint density at radius 2 is 2.15 bits per heavy atom. The molecule has 0 radical (unpaired) electrons. The quantitative estimate of drug-likeness (QED) is 0.900. The van der Waals surface area contributed by atoms with Gasteiger partial charge in [0.25, 0.3) is 5.91 Å². The average Bonchev–Trinajstić information content (AvgIpc) is 2.40. The van der Waals surface area contributed by atoms with E-state index in [-0.39, 0.29) is 23.7 Å². The van der Waals surface area contributed by atoms with Crippen LogP contribution in [0.2, 0.25) is 0 Å². The van der Waals surface area contributed by atoms with Gasteiger partial charge in [-0.05, 0) is 50.3 Å². The van der Waals surface area contributed by atoms with Crippen molar-refractivity contribution in [3.8, 4) is 0 Å². The Hall–Kier alpha value is -1.06. The van der Waals surface area contributed by atoms with Gasteiger partial charge < -0.3 is 10.6 Å². The van der Waals surface area contributed by atoms with Crippen LogP contribution in [0.4, 0.5) is 0 Å². The first-order valence-electron chi connectivity index (χ1n) is 7.06. The SMILES string of the molecule is Cc1ccc(C)c(C(=O)NCC2(C)CCCNC2)c1.Cl. The van der Waals surface area contributed by atoms with Gasteiger partial charge in [-0.15, -0.1) is 12.4 Å². The molecule has 112 valence electrons. The third-order valence-electron chi connectivity index (χ3n) is 4.00. The molecule has 0 aromatic heterocycles. The van der Waals surface area contributed by atoms with Gasteiger partial charge in [-0.3, -0.25) is 4.79 Å². The molecule has 1 aliphatic heterocycles. The fourth-order valence-corrected chi connectivity index (χ4v) is 2.64.